The normalized spacial score (nSPS) is 16.6. The molecule has 2 saturated heterocycles. The topological polar surface area (TPSA) is 62.4 Å². The van der Waals surface area contributed by atoms with Crippen LogP contribution in [0.2, 0.25) is 5.02 Å². The minimum atomic E-state index is 0.247. The Hall–Kier alpha value is -4.50. The Labute approximate surface area is 286 Å². The summed E-state index contributed by atoms with van der Waals surface area (Å²) >= 11 is 6.98. The quantitative estimate of drug-likeness (QED) is 0.0635. The van der Waals surface area contributed by atoms with Gasteiger partial charge < -0.3 is 23.8 Å². The average Bonchev–Trinajstić information content (AvgIpc) is 4.06. The smallest absolute Gasteiger partial charge is 0.104 e. The Bertz CT molecular complexity index is 1750. The summed E-state index contributed by atoms with van der Waals surface area (Å²) in [6.45, 7) is 6.00. The van der Waals surface area contributed by atoms with Crippen LogP contribution in [0.5, 0.6) is 0 Å². The van der Waals surface area contributed by atoms with Gasteiger partial charge in [-0.25, -0.2) is 5.01 Å². The highest BCUT2D eigenvalue weighted by atomic mass is 35.5. The van der Waals surface area contributed by atoms with Crippen molar-refractivity contribution in [2.75, 3.05) is 36.3 Å². The molecule has 8 heteroatoms. The molecule has 2 aliphatic heterocycles. The number of rotatable bonds is 15. The van der Waals surface area contributed by atoms with Crippen molar-refractivity contribution in [2.24, 2.45) is 5.10 Å². The van der Waals surface area contributed by atoms with Gasteiger partial charge in [0.05, 0.1) is 62.3 Å². The van der Waals surface area contributed by atoms with E-state index in [9.17, 15) is 0 Å². The minimum absolute atomic E-state index is 0.247. The largest absolute Gasteiger partial charge is 0.374 e. The fourth-order valence-corrected chi connectivity index (χ4v) is 5.52. The molecule has 0 radical (unpaired) electrons. The monoisotopic (exact) mass is 659 g/mol. The third kappa shape index (κ3) is 8.50. The van der Waals surface area contributed by atoms with E-state index < -0.39 is 0 Å². The van der Waals surface area contributed by atoms with Gasteiger partial charge in [-0.1, -0.05) is 71.8 Å². The molecule has 0 saturated carbocycles. The summed E-state index contributed by atoms with van der Waals surface area (Å²) in [7, 11) is 0. The highest BCUT2D eigenvalue weighted by Gasteiger charge is 2.23. The Morgan fingerprint density at radius 2 is 1.17 bits per heavy atom. The number of ether oxygens (including phenoxy) is 4. The van der Waals surface area contributed by atoms with Gasteiger partial charge in [0.25, 0.3) is 0 Å². The zero-order valence-corrected chi connectivity index (χ0v) is 27.6. The van der Waals surface area contributed by atoms with Crippen molar-refractivity contribution >= 4 is 46.3 Å². The van der Waals surface area contributed by atoms with Crippen molar-refractivity contribution in [3.05, 3.63) is 149 Å². The number of epoxide rings is 2. The summed E-state index contributed by atoms with van der Waals surface area (Å²) in [5, 5.41) is 7.40. The summed E-state index contributed by atoms with van der Waals surface area (Å²) in [4.78, 5) is 2.20. The molecule has 244 valence electrons. The lowest BCUT2D eigenvalue weighted by Crippen LogP contribution is -2.11. The van der Waals surface area contributed by atoms with Crippen molar-refractivity contribution in [1.82, 2.24) is 0 Å². The van der Waals surface area contributed by atoms with E-state index in [4.69, 9.17) is 35.6 Å². The molecule has 0 aromatic heterocycles. The van der Waals surface area contributed by atoms with Crippen LogP contribution in [0.1, 0.15) is 22.3 Å². The Morgan fingerprint density at radius 1 is 0.667 bits per heavy atom. The van der Waals surface area contributed by atoms with Crippen molar-refractivity contribution < 1.29 is 18.9 Å². The number of nitrogens with zero attached hydrogens (tertiary/aromatic N) is 3. The maximum Gasteiger partial charge on any atom is 0.104 e. The molecule has 5 aromatic rings. The van der Waals surface area contributed by atoms with Gasteiger partial charge in [-0.3, -0.25) is 0 Å². The molecule has 7 rings (SSSR count). The van der Waals surface area contributed by atoms with Gasteiger partial charge in [0.2, 0.25) is 0 Å². The van der Waals surface area contributed by atoms with Gasteiger partial charge in [-0.15, -0.1) is 0 Å². The Balaban J connectivity index is 1.15. The molecule has 2 unspecified atom stereocenters. The van der Waals surface area contributed by atoms with Gasteiger partial charge in [0.1, 0.15) is 12.2 Å². The summed E-state index contributed by atoms with van der Waals surface area (Å²) in [5.41, 5.74) is 9.08. The molecule has 0 aliphatic carbocycles. The van der Waals surface area contributed by atoms with Crippen LogP contribution < -0.4 is 9.91 Å². The molecular formula is C40H38ClN3O4. The van der Waals surface area contributed by atoms with Crippen molar-refractivity contribution in [1.29, 1.82) is 0 Å². The van der Waals surface area contributed by atoms with Crippen molar-refractivity contribution in [3.8, 4) is 0 Å². The zero-order valence-electron chi connectivity index (χ0n) is 26.9. The van der Waals surface area contributed by atoms with Crippen LogP contribution in [0.25, 0.3) is 0 Å². The molecule has 0 amide bonds. The second kappa shape index (κ2) is 15.2. The number of hydrogen-bond acceptors (Lipinski definition) is 7. The summed E-state index contributed by atoms with van der Waals surface area (Å²) in [6.07, 6.45) is 2.31. The lowest BCUT2D eigenvalue weighted by Gasteiger charge is -2.26. The van der Waals surface area contributed by atoms with E-state index in [2.05, 4.69) is 90.7 Å². The van der Waals surface area contributed by atoms with Crippen LogP contribution in [0.15, 0.2) is 126 Å². The van der Waals surface area contributed by atoms with Crippen LogP contribution in [0.3, 0.4) is 0 Å². The SMILES string of the molecule is Cc1ccc(N(N=Cc2ccc(N(c3ccc(COCC4CO4)cc3)c3ccc(COCC4CO4)cc3)cc2Cl)c2ccccc2)cc1. The second-order valence-electron chi connectivity index (χ2n) is 12.0. The van der Waals surface area contributed by atoms with Gasteiger partial charge in [-0.2, -0.15) is 5.10 Å². The standard InChI is InChI=1S/C40H38ClN3O4/c1-29-7-14-36(15-8-29)44(35-5-3-2-4-6-35)42-22-32-13-20-37(21-40(32)41)43(33-16-9-30(10-17-33)23-45-25-38-27-47-38)34-18-11-31(12-19-34)24-46-26-39-28-48-39/h2-22,38-39H,23-28H2,1H3. The van der Waals surface area contributed by atoms with Crippen LogP contribution >= 0.6 is 11.6 Å². The van der Waals surface area contributed by atoms with Crippen LogP contribution in [-0.4, -0.2) is 44.9 Å². The second-order valence-corrected chi connectivity index (χ2v) is 12.4. The number of aryl methyl sites for hydroxylation is 1. The van der Waals surface area contributed by atoms with E-state index in [0.29, 0.717) is 31.5 Å². The van der Waals surface area contributed by atoms with E-state index in [1.54, 1.807) is 0 Å². The number of hydrazone groups is 1. The van der Waals surface area contributed by atoms with E-state index in [1.807, 2.05) is 53.7 Å². The van der Waals surface area contributed by atoms with E-state index >= 15 is 0 Å². The lowest BCUT2D eigenvalue weighted by molar-refractivity contribution is 0.104. The van der Waals surface area contributed by atoms with Gasteiger partial charge in [-0.05, 0) is 84.8 Å². The molecule has 2 fully saturated rings. The predicted octanol–water partition coefficient (Wildman–Crippen LogP) is 9.12. The molecule has 5 aromatic carbocycles. The first-order valence-corrected chi connectivity index (χ1v) is 16.6. The number of hydrogen-bond donors (Lipinski definition) is 0. The highest BCUT2D eigenvalue weighted by Crippen LogP contribution is 2.37. The van der Waals surface area contributed by atoms with E-state index in [0.717, 1.165) is 58.3 Å². The Kier molecular flexibility index (Phi) is 10.1. The van der Waals surface area contributed by atoms with Crippen molar-refractivity contribution in [2.45, 2.75) is 32.3 Å². The molecule has 2 atom stereocenters. The van der Waals surface area contributed by atoms with Crippen LogP contribution in [-0.2, 0) is 32.2 Å². The molecule has 0 N–H and O–H groups in total. The fourth-order valence-electron chi connectivity index (χ4n) is 5.29. The van der Waals surface area contributed by atoms with Crippen LogP contribution in [0.4, 0.5) is 28.4 Å². The maximum absolute atomic E-state index is 6.98. The molecule has 7 nitrogen and oxygen atoms in total. The predicted molar refractivity (Wildman–Crippen MR) is 192 cm³/mol. The number of para-hydroxylation sites is 1. The molecule has 0 bridgehead atoms. The fraction of sp³-hybridized carbons (Fsp3) is 0.225. The summed E-state index contributed by atoms with van der Waals surface area (Å²) in [6, 6.07) is 41.3. The molecule has 0 spiro atoms. The molecular weight excluding hydrogens is 622 g/mol. The van der Waals surface area contributed by atoms with Gasteiger partial charge in [0, 0.05) is 22.6 Å². The summed E-state index contributed by atoms with van der Waals surface area (Å²) < 4.78 is 22.2. The first-order chi connectivity index (χ1) is 23.6. The number of anilines is 5. The average molecular weight is 660 g/mol. The van der Waals surface area contributed by atoms with E-state index in [1.165, 1.54) is 5.56 Å². The molecule has 2 aliphatic rings. The molecule has 48 heavy (non-hydrogen) atoms. The third-order valence-corrected chi connectivity index (χ3v) is 8.50. The first kappa shape index (κ1) is 32.1. The summed E-state index contributed by atoms with van der Waals surface area (Å²) in [5.74, 6) is 0. The minimum Gasteiger partial charge on any atom is -0.374 e. The highest BCUT2D eigenvalue weighted by molar-refractivity contribution is 6.33. The molecule has 2 heterocycles. The zero-order chi connectivity index (χ0) is 32.7. The number of halogens is 1. The maximum atomic E-state index is 6.98. The van der Waals surface area contributed by atoms with Gasteiger partial charge in [0.15, 0.2) is 0 Å². The van der Waals surface area contributed by atoms with E-state index in [-0.39, 0.29) is 12.2 Å². The Morgan fingerprint density at radius 3 is 1.69 bits per heavy atom. The van der Waals surface area contributed by atoms with Crippen molar-refractivity contribution in [3.63, 3.8) is 0 Å². The number of benzene rings is 5. The first-order valence-electron chi connectivity index (χ1n) is 16.2. The van der Waals surface area contributed by atoms with Crippen LogP contribution in [0, 0.1) is 6.92 Å². The lowest BCUT2D eigenvalue weighted by atomic mass is 10.1. The van der Waals surface area contributed by atoms with Gasteiger partial charge >= 0.3 is 0 Å². The third-order valence-electron chi connectivity index (χ3n) is 8.17.